The lowest BCUT2D eigenvalue weighted by Gasteiger charge is -2.23. The second-order valence-electron chi connectivity index (χ2n) is 5.50. The van der Waals surface area contributed by atoms with Gasteiger partial charge in [0, 0.05) is 16.1 Å². The van der Waals surface area contributed by atoms with Crippen LogP contribution in [0.3, 0.4) is 0 Å². The smallest absolute Gasteiger partial charge is 0.258 e. The second-order valence-corrected chi connectivity index (χ2v) is 6.53. The molecular formula is C20H18FNOS. The fourth-order valence-electron chi connectivity index (χ4n) is 2.50. The summed E-state index contributed by atoms with van der Waals surface area (Å²) in [6.45, 7) is 2.60. The summed E-state index contributed by atoms with van der Waals surface area (Å²) in [6.07, 6.45) is 0.955. The predicted octanol–water partition coefficient (Wildman–Crippen LogP) is 5.30. The maximum Gasteiger partial charge on any atom is 0.258 e. The van der Waals surface area contributed by atoms with Gasteiger partial charge in [0.2, 0.25) is 0 Å². The molecule has 1 amide bonds. The molecular weight excluding hydrogens is 321 g/mol. The van der Waals surface area contributed by atoms with E-state index in [1.807, 2.05) is 41.8 Å². The highest BCUT2D eigenvalue weighted by atomic mass is 32.1. The molecule has 0 atom stereocenters. The molecule has 0 spiro atoms. The van der Waals surface area contributed by atoms with Gasteiger partial charge in [0.15, 0.2) is 0 Å². The van der Waals surface area contributed by atoms with Gasteiger partial charge in [-0.3, -0.25) is 4.79 Å². The van der Waals surface area contributed by atoms with Crippen molar-refractivity contribution in [3.05, 3.63) is 87.9 Å². The van der Waals surface area contributed by atoms with E-state index >= 15 is 0 Å². The van der Waals surface area contributed by atoms with Crippen LogP contribution in [-0.2, 0) is 13.0 Å². The van der Waals surface area contributed by atoms with Crippen LogP contribution in [0.1, 0.15) is 27.7 Å². The van der Waals surface area contributed by atoms with E-state index in [1.54, 1.807) is 16.2 Å². The predicted molar refractivity (Wildman–Crippen MR) is 97.1 cm³/mol. The number of hydrogen-bond donors (Lipinski definition) is 0. The molecule has 0 N–H and O–H groups in total. The molecule has 0 radical (unpaired) electrons. The van der Waals surface area contributed by atoms with Crippen molar-refractivity contribution in [2.45, 2.75) is 19.9 Å². The monoisotopic (exact) mass is 339 g/mol. The maximum atomic E-state index is 13.1. The van der Waals surface area contributed by atoms with Crippen molar-refractivity contribution in [1.29, 1.82) is 0 Å². The molecule has 0 unspecified atom stereocenters. The van der Waals surface area contributed by atoms with Gasteiger partial charge in [-0.15, -0.1) is 11.3 Å². The molecule has 0 saturated carbocycles. The lowest BCUT2D eigenvalue weighted by molar-refractivity contribution is 0.0985. The average Bonchev–Trinajstić information content (AvgIpc) is 3.13. The minimum atomic E-state index is -0.344. The maximum absolute atomic E-state index is 13.1. The zero-order valence-corrected chi connectivity index (χ0v) is 14.2. The van der Waals surface area contributed by atoms with Gasteiger partial charge in [-0.2, -0.15) is 0 Å². The molecule has 1 heterocycles. The van der Waals surface area contributed by atoms with Crippen molar-refractivity contribution in [2.24, 2.45) is 0 Å². The first-order valence-corrected chi connectivity index (χ1v) is 8.74. The van der Waals surface area contributed by atoms with Gasteiger partial charge in [-0.1, -0.05) is 25.1 Å². The number of carbonyl (C=O) groups is 1. The third kappa shape index (κ3) is 3.71. The number of nitrogens with zero attached hydrogens (tertiary/aromatic N) is 1. The van der Waals surface area contributed by atoms with E-state index < -0.39 is 0 Å². The molecule has 4 heteroatoms. The Kier molecular flexibility index (Phi) is 5.06. The topological polar surface area (TPSA) is 20.3 Å². The van der Waals surface area contributed by atoms with E-state index in [0.29, 0.717) is 12.1 Å². The SMILES string of the molecule is CCc1ccc(N(Cc2cccs2)C(=O)c2ccc(F)cc2)cc1. The van der Waals surface area contributed by atoms with Crippen molar-refractivity contribution < 1.29 is 9.18 Å². The van der Waals surface area contributed by atoms with Crippen LogP contribution >= 0.6 is 11.3 Å². The number of amides is 1. The highest BCUT2D eigenvalue weighted by molar-refractivity contribution is 7.09. The third-order valence-corrected chi connectivity index (χ3v) is 4.75. The molecule has 3 aromatic rings. The van der Waals surface area contributed by atoms with Crippen molar-refractivity contribution in [1.82, 2.24) is 0 Å². The van der Waals surface area contributed by atoms with Crippen LogP contribution in [0, 0.1) is 5.82 Å². The minimum absolute atomic E-state index is 0.132. The van der Waals surface area contributed by atoms with Crippen molar-refractivity contribution in [3.8, 4) is 0 Å². The second kappa shape index (κ2) is 7.41. The number of anilines is 1. The molecule has 2 nitrogen and oxygen atoms in total. The molecule has 24 heavy (non-hydrogen) atoms. The van der Waals surface area contributed by atoms with Gasteiger partial charge in [0.05, 0.1) is 6.54 Å². The Bertz CT molecular complexity index is 795. The first-order chi connectivity index (χ1) is 11.7. The van der Waals surface area contributed by atoms with Crippen LogP contribution in [0.15, 0.2) is 66.0 Å². The molecule has 0 saturated heterocycles. The van der Waals surface area contributed by atoms with Crippen LogP contribution in [-0.4, -0.2) is 5.91 Å². The zero-order chi connectivity index (χ0) is 16.9. The number of hydrogen-bond acceptors (Lipinski definition) is 2. The summed E-state index contributed by atoms with van der Waals surface area (Å²) < 4.78 is 13.1. The summed E-state index contributed by atoms with van der Waals surface area (Å²) >= 11 is 1.61. The lowest BCUT2D eigenvalue weighted by atomic mass is 10.1. The van der Waals surface area contributed by atoms with Crippen LogP contribution in [0.5, 0.6) is 0 Å². The Morgan fingerprint density at radius 3 is 2.33 bits per heavy atom. The van der Waals surface area contributed by atoms with E-state index in [2.05, 4.69) is 6.92 Å². The van der Waals surface area contributed by atoms with E-state index in [1.165, 1.54) is 29.8 Å². The van der Waals surface area contributed by atoms with Gasteiger partial charge in [0.25, 0.3) is 5.91 Å². The van der Waals surface area contributed by atoms with Crippen LogP contribution in [0.4, 0.5) is 10.1 Å². The molecule has 1 aromatic heterocycles. The van der Waals surface area contributed by atoms with Gasteiger partial charge in [-0.05, 0) is 59.8 Å². The van der Waals surface area contributed by atoms with E-state index in [0.717, 1.165) is 17.0 Å². The van der Waals surface area contributed by atoms with Gasteiger partial charge in [-0.25, -0.2) is 4.39 Å². The normalized spacial score (nSPS) is 10.6. The van der Waals surface area contributed by atoms with Crippen LogP contribution in [0.25, 0.3) is 0 Å². The summed E-state index contributed by atoms with van der Waals surface area (Å²) in [4.78, 5) is 15.8. The molecule has 0 aliphatic carbocycles. The Morgan fingerprint density at radius 1 is 1.04 bits per heavy atom. The van der Waals surface area contributed by atoms with E-state index in [4.69, 9.17) is 0 Å². The quantitative estimate of drug-likeness (QED) is 0.618. The zero-order valence-electron chi connectivity index (χ0n) is 13.4. The van der Waals surface area contributed by atoms with Crippen LogP contribution < -0.4 is 4.90 Å². The molecule has 0 bridgehead atoms. The first kappa shape index (κ1) is 16.4. The fourth-order valence-corrected chi connectivity index (χ4v) is 3.19. The number of rotatable bonds is 5. The lowest BCUT2D eigenvalue weighted by Crippen LogP contribution is -2.30. The van der Waals surface area contributed by atoms with Gasteiger partial charge < -0.3 is 4.90 Å². The van der Waals surface area contributed by atoms with Crippen molar-refractivity contribution >= 4 is 22.9 Å². The third-order valence-electron chi connectivity index (χ3n) is 3.89. The van der Waals surface area contributed by atoms with Crippen molar-refractivity contribution in [3.63, 3.8) is 0 Å². The summed E-state index contributed by atoms with van der Waals surface area (Å²) in [5.41, 5.74) is 2.55. The first-order valence-electron chi connectivity index (χ1n) is 7.86. The molecule has 0 fully saturated rings. The molecule has 122 valence electrons. The molecule has 2 aromatic carbocycles. The Morgan fingerprint density at radius 2 is 1.75 bits per heavy atom. The van der Waals surface area contributed by atoms with Gasteiger partial charge >= 0.3 is 0 Å². The standard InChI is InChI=1S/C20H18FNOS/c1-2-15-5-11-18(12-6-15)22(14-19-4-3-13-24-19)20(23)16-7-9-17(21)10-8-16/h3-13H,2,14H2,1H3. The average molecular weight is 339 g/mol. The summed E-state index contributed by atoms with van der Waals surface area (Å²) in [5, 5.41) is 2.00. The summed E-state index contributed by atoms with van der Waals surface area (Å²) in [7, 11) is 0. The Hall–Kier alpha value is -2.46. The van der Waals surface area contributed by atoms with Crippen molar-refractivity contribution in [2.75, 3.05) is 4.90 Å². The highest BCUT2D eigenvalue weighted by Crippen LogP contribution is 2.23. The number of carbonyl (C=O) groups excluding carboxylic acids is 1. The molecule has 3 rings (SSSR count). The van der Waals surface area contributed by atoms with E-state index in [9.17, 15) is 9.18 Å². The summed E-state index contributed by atoms with van der Waals surface area (Å²) in [5.74, 6) is -0.476. The highest BCUT2D eigenvalue weighted by Gasteiger charge is 2.18. The molecule has 0 aliphatic rings. The fraction of sp³-hybridized carbons (Fsp3) is 0.150. The molecule has 0 aliphatic heterocycles. The minimum Gasteiger partial charge on any atom is -0.303 e. The largest absolute Gasteiger partial charge is 0.303 e. The number of aryl methyl sites for hydroxylation is 1. The Balaban J connectivity index is 1.93. The van der Waals surface area contributed by atoms with Gasteiger partial charge in [0.1, 0.15) is 5.82 Å². The van der Waals surface area contributed by atoms with E-state index in [-0.39, 0.29) is 11.7 Å². The number of halogens is 1. The summed E-state index contributed by atoms with van der Waals surface area (Å²) in [6, 6.07) is 17.7. The number of thiophene rings is 1. The van der Waals surface area contributed by atoms with Crippen LogP contribution in [0.2, 0.25) is 0 Å². The number of benzene rings is 2. The Labute approximate surface area is 145 Å².